The Hall–Kier alpha value is -3.03. The van der Waals surface area contributed by atoms with Gasteiger partial charge < -0.3 is 9.88 Å². The van der Waals surface area contributed by atoms with Crippen molar-refractivity contribution in [2.45, 2.75) is 32.0 Å². The molecule has 4 rings (SSSR count). The fraction of sp³-hybridized carbons (Fsp3) is 0.364. The number of hydrogen-bond acceptors (Lipinski definition) is 7. The van der Waals surface area contributed by atoms with Crippen LogP contribution < -0.4 is 5.32 Å². The molecule has 0 unspecified atom stereocenters. The first kappa shape index (κ1) is 26.0. The van der Waals surface area contributed by atoms with Gasteiger partial charge in [0.25, 0.3) is 0 Å². The first-order chi connectivity index (χ1) is 16.8. The molecule has 3 aromatic rings. The molecule has 1 saturated heterocycles. The van der Waals surface area contributed by atoms with Crippen LogP contribution in [0.4, 0.5) is 19.1 Å². The van der Waals surface area contributed by atoms with Gasteiger partial charge in [-0.1, -0.05) is 17.7 Å². The molecule has 1 aliphatic heterocycles. The van der Waals surface area contributed by atoms with Gasteiger partial charge in [-0.05, 0) is 31.9 Å². The first-order valence-corrected chi connectivity index (χ1v) is 13.1. The number of sulfonamides is 1. The van der Waals surface area contributed by atoms with Crippen LogP contribution >= 0.6 is 11.6 Å². The number of alkyl halides is 3. The Morgan fingerprint density at radius 1 is 1.19 bits per heavy atom. The molecule has 1 aliphatic rings. The maximum Gasteiger partial charge on any atom is 0.420 e. The van der Waals surface area contributed by atoms with E-state index in [-0.39, 0.29) is 47.1 Å². The summed E-state index contributed by atoms with van der Waals surface area (Å²) in [5.41, 5.74) is -0.901. The number of hydrogen-bond donors (Lipinski definition) is 1. The summed E-state index contributed by atoms with van der Waals surface area (Å²) in [6, 6.07) is 4.57. The van der Waals surface area contributed by atoms with Crippen molar-refractivity contribution in [2.75, 3.05) is 24.7 Å². The summed E-state index contributed by atoms with van der Waals surface area (Å²) in [5, 5.41) is 3.15. The molecule has 0 atom stereocenters. The van der Waals surface area contributed by atoms with Crippen LogP contribution in [0, 0.1) is 0 Å². The van der Waals surface area contributed by atoms with Crippen LogP contribution in [-0.2, 0) is 16.2 Å². The van der Waals surface area contributed by atoms with Crippen LogP contribution in [0.15, 0.2) is 36.9 Å². The number of piperidine rings is 1. The summed E-state index contributed by atoms with van der Waals surface area (Å²) in [4.78, 5) is 23.9. The van der Waals surface area contributed by atoms with E-state index in [2.05, 4.69) is 20.3 Å². The van der Waals surface area contributed by atoms with Crippen molar-refractivity contribution in [3.05, 3.63) is 53.1 Å². The van der Waals surface area contributed by atoms with E-state index in [9.17, 15) is 26.4 Å². The topological polar surface area (TPSA) is 110 Å². The number of Topliss-reactive ketones (excluding diaryl/α,β-unsaturated/α-hetero) is 1. The normalized spacial score (nSPS) is 15.7. The third-order valence-electron chi connectivity index (χ3n) is 5.81. The second kappa shape index (κ2) is 9.79. The molecular formula is C22H22ClF3N6O3S. The molecular weight excluding hydrogens is 521 g/mol. The summed E-state index contributed by atoms with van der Waals surface area (Å²) in [6.45, 7) is 1.93. The largest absolute Gasteiger partial charge is 0.420 e. The van der Waals surface area contributed by atoms with Crippen molar-refractivity contribution < 1.29 is 26.4 Å². The van der Waals surface area contributed by atoms with E-state index in [0.717, 1.165) is 6.26 Å². The van der Waals surface area contributed by atoms with Gasteiger partial charge in [-0.2, -0.15) is 13.2 Å². The van der Waals surface area contributed by atoms with Crippen LogP contribution in [0.1, 0.15) is 35.7 Å². The Morgan fingerprint density at radius 3 is 2.50 bits per heavy atom. The monoisotopic (exact) mass is 542 g/mol. The van der Waals surface area contributed by atoms with E-state index in [0.29, 0.717) is 24.7 Å². The summed E-state index contributed by atoms with van der Waals surface area (Å²) in [5.74, 6) is -0.280. The van der Waals surface area contributed by atoms with E-state index in [4.69, 9.17) is 11.6 Å². The van der Waals surface area contributed by atoms with Gasteiger partial charge in [0, 0.05) is 37.1 Å². The summed E-state index contributed by atoms with van der Waals surface area (Å²) >= 11 is 6.34. The molecule has 0 radical (unpaired) electrons. The molecule has 0 bridgehead atoms. The minimum absolute atomic E-state index is 0.0260. The highest BCUT2D eigenvalue weighted by molar-refractivity contribution is 7.88. The molecule has 14 heteroatoms. The SMILES string of the molecule is CC(=O)c1cccc(-n2cnc(-c3nc(NC4CCN(S(C)(=O)=O)CC4)ncc3C(F)(F)F)c2)c1Cl. The average Bonchev–Trinajstić information content (AvgIpc) is 3.28. The van der Waals surface area contributed by atoms with Gasteiger partial charge in [0.1, 0.15) is 23.3 Å². The van der Waals surface area contributed by atoms with E-state index < -0.39 is 27.5 Å². The smallest absolute Gasteiger partial charge is 0.351 e. The lowest BCUT2D eigenvalue weighted by molar-refractivity contribution is -0.137. The Bertz CT molecular complexity index is 1400. The zero-order chi connectivity index (χ0) is 26.3. The van der Waals surface area contributed by atoms with E-state index in [1.807, 2.05) is 0 Å². The first-order valence-electron chi connectivity index (χ1n) is 10.8. The molecule has 2 aromatic heterocycles. The number of halogens is 4. The highest BCUT2D eigenvalue weighted by atomic mass is 35.5. The molecule has 0 spiro atoms. The third kappa shape index (κ3) is 5.52. The quantitative estimate of drug-likeness (QED) is 0.468. The van der Waals surface area contributed by atoms with E-state index >= 15 is 0 Å². The average molecular weight is 543 g/mol. The fourth-order valence-corrected chi connectivity index (χ4v) is 5.17. The molecule has 3 heterocycles. The maximum atomic E-state index is 13.8. The molecule has 1 aromatic carbocycles. The zero-order valence-corrected chi connectivity index (χ0v) is 20.8. The Labute approximate surface area is 210 Å². The highest BCUT2D eigenvalue weighted by Crippen LogP contribution is 2.36. The molecule has 1 fully saturated rings. The van der Waals surface area contributed by atoms with Crippen molar-refractivity contribution >= 4 is 33.4 Å². The third-order valence-corrected chi connectivity index (χ3v) is 7.51. The molecule has 9 nitrogen and oxygen atoms in total. The number of carbonyl (C=O) groups excluding carboxylic acids is 1. The lowest BCUT2D eigenvalue weighted by atomic mass is 10.1. The van der Waals surface area contributed by atoms with Gasteiger partial charge in [-0.3, -0.25) is 4.79 Å². The van der Waals surface area contributed by atoms with Gasteiger partial charge in [0.15, 0.2) is 5.78 Å². The molecule has 0 aliphatic carbocycles. The number of benzene rings is 1. The number of nitrogens with one attached hydrogen (secondary N) is 1. The van der Waals surface area contributed by atoms with Crippen LogP contribution in [0.25, 0.3) is 17.1 Å². The predicted octanol–water partition coefficient (Wildman–Crippen LogP) is 4.04. The van der Waals surface area contributed by atoms with Crippen molar-refractivity contribution in [3.8, 4) is 17.1 Å². The van der Waals surface area contributed by atoms with Crippen LogP contribution in [-0.4, -0.2) is 63.4 Å². The molecule has 1 N–H and O–H groups in total. The number of imidazole rings is 1. The molecule has 0 saturated carbocycles. The van der Waals surface area contributed by atoms with Gasteiger partial charge in [-0.25, -0.2) is 27.7 Å². The van der Waals surface area contributed by atoms with E-state index in [1.54, 1.807) is 18.2 Å². The fourth-order valence-electron chi connectivity index (χ4n) is 3.94. The number of rotatable bonds is 6. The summed E-state index contributed by atoms with van der Waals surface area (Å²) < 4.78 is 67.4. The van der Waals surface area contributed by atoms with Crippen LogP contribution in [0.3, 0.4) is 0 Å². The van der Waals surface area contributed by atoms with Crippen LogP contribution in [0.2, 0.25) is 5.02 Å². The van der Waals surface area contributed by atoms with Gasteiger partial charge in [-0.15, -0.1) is 0 Å². The molecule has 192 valence electrons. The summed E-state index contributed by atoms with van der Waals surface area (Å²) in [7, 11) is -3.31. The van der Waals surface area contributed by atoms with Crippen molar-refractivity contribution in [1.29, 1.82) is 0 Å². The second-order valence-corrected chi connectivity index (χ2v) is 10.8. The minimum atomic E-state index is -4.73. The van der Waals surface area contributed by atoms with Gasteiger partial charge >= 0.3 is 6.18 Å². The lowest BCUT2D eigenvalue weighted by Crippen LogP contribution is -2.42. The molecule has 0 amide bonds. The standard InChI is InChI=1S/C22H22ClF3N6O3S/c1-13(33)15-4-3-5-18(19(15)23)31-11-17(28-12-31)20-16(22(24,25)26)10-27-21(30-20)29-14-6-8-32(9-7-14)36(2,34)35/h3-5,10-12,14H,6-9H2,1-2H3,(H,27,29,30). The summed E-state index contributed by atoms with van der Waals surface area (Å²) in [6.07, 6.45) is 0.630. The van der Waals surface area contributed by atoms with Gasteiger partial charge in [0.05, 0.1) is 17.0 Å². The Kier molecular flexibility index (Phi) is 7.08. The van der Waals surface area contributed by atoms with Crippen molar-refractivity contribution in [1.82, 2.24) is 23.8 Å². The zero-order valence-electron chi connectivity index (χ0n) is 19.3. The van der Waals surface area contributed by atoms with Crippen molar-refractivity contribution in [3.63, 3.8) is 0 Å². The number of carbonyl (C=O) groups is 1. The Balaban J connectivity index is 1.64. The number of anilines is 1. The van der Waals surface area contributed by atoms with Gasteiger partial charge in [0.2, 0.25) is 16.0 Å². The Morgan fingerprint density at radius 2 is 1.89 bits per heavy atom. The molecule has 36 heavy (non-hydrogen) atoms. The number of aromatic nitrogens is 4. The van der Waals surface area contributed by atoms with E-state index in [1.165, 1.54) is 28.3 Å². The van der Waals surface area contributed by atoms with Crippen molar-refractivity contribution in [2.24, 2.45) is 0 Å². The minimum Gasteiger partial charge on any atom is -0.351 e. The number of nitrogens with zero attached hydrogens (tertiary/aromatic N) is 5. The predicted molar refractivity (Wildman–Crippen MR) is 128 cm³/mol. The van der Waals surface area contributed by atoms with Crippen LogP contribution in [0.5, 0.6) is 0 Å². The second-order valence-electron chi connectivity index (χ2n) is 8.40. The number of ketones is 1. The maximum absolute atomic E-state index is 13.8. The highest BCUT2D eigenvalue weighted by Gasteiger charge is 2.36. The lowest BCUT2D eigenvalue weighted by Gasteiger charge is -2.30.